The van der Waals surface area contributed by atoms with Gasteiger partial charge in [0.25, 0.3) is 5.69 Å². The van der Waals surface area contributed by atoms with Crippen molar-refractivity contribution in [2.45, 2.75) is 26.3 Å². The summed E-state index contributed by atoms with van der Waals surface area (Å²) in [4.78, 5) is 34.1. The van der Waals surface area contributed by atoms with Gasteiger partial charge in [0.15, 0.2) is 0 Å². The van der Waals surface area contributed by atoms with Crippen LogP contribution in [-0.4, -0.2) is 53.1 Å². The number of ether oxygens (including phenoxy) is 2. The van der Waals surface area contributed by atoms with Gasteiger partial charge in [-0.05, 0) is 25.8 Å². The van der Waals surface area contributed by atoms with E-state index in [0.29, 0.717) is 10.0 Å². The predicted molar refractivity (Wildman–Crippen MR) is 94.4 cm³/mol. The van der Waals surface area contributed by atoms with Crippen LogP contribution in [0.1, 0.15) is 19.4 Å². The molecule has 1 aromatic rings. The lowest BCUT2D eigenvalue weighted by molar-refractivity contribution is -0.384. The van der Waals surface area contributed by atoms with E-state index in [-0.39, 0.29) is 25.3 Å². The van der Waals surface area contributed by atoms with Gasteiger partial charge in [-0.15, -0.1) is 0 Å². The van der Waals surface area contributed by atoms with E-state index in [4.69, 9.17) is 9.47 Å². The number of benzene rings is 1. The Bertz CT molecular complexity index is 656. The van der Waals surface area contributed by atoms with Gasteiger partial charge in [-0.3, -0.25) is 10.1 Å². The summed E-state index contributed by atoms with van der Waals surface area (Å²) in [6.07, 6.45) is -1.64. The zero-order valence-electron chi connectivity index (χ0n) is 14.3. The number of aliphatic hydroxyl groups excluding tert-OH is 1. The number of nitrogens with one attached hydrogen (secondary N) is 1. The Balaban J connectivity index is 3.03. The molecule has 0 aliphatic carbocycles. The maximum absolute atomic E-state index is 12.1. The summed E-state index contributed by atoms with van der Waals surface area (Å²) in [5.74, 6) is 0. The fourth-order valence-electron chi connectivity index (χ4n) is 2.05. The molecule has 0 saturated carbocycles. The predicted octanol–water partition coefficient (Wildman–Crippen LogP) is 2.38. The monoisotopic (exact) mass is 433 g/mol. The van der Waals surface area contributed by atoms with Gasteiger partial charge in [0.05, 0.1) is 30.8 Å². The lowest BCUT2D eigenvalue weighted by Crippen LogP contribution is -2.54. The second kappa shape index (κ2) is 10.6. The lowest BCUT2D eigenvalue weighted by atomic mass is 10.1. The highest BCUT2D eigenvalue weighted by Gasteiger charge is 2.28. The number of hydrogen-bond donors (Lipinski definition) is 2. The molecule has 0 saturated heterocycles. The van der Waals surface area contributed by atoms with Crippen molar-refractivity contribution in [3.63, 3.8) is 0 Å². The molecule has 1 atom stereocenters. The zero-order valence-corrected chi connectivity index (χ0v) is 15.9. The molecule has 0 aliphatic rings. The topological polar surface area (TPSA) is 131 Å². The molecule has 0 fully saturated rings. The first-order valence-electron chi connectivity index (χ1n) is 7.77. The number of amides is 2. The van der Waals surface area contributed by atoms with Crippen LogP contribution in [0.2, 0.25) is 0 Å². The fourth-order valence-corrected chi connectivity index (χ4v) is 2.58. The molecule has 10 nitrogen and oxygen atoms in total. The molecule has 2 N–H and O–H groups in total. The normalized spacial score (nSPS) is 11.4. The molecule has 0 radical (unpaired) electrons. The van der Waals surface area contributed by atoms with Gasteiger partial charge < -0.3 is 14.6 Å². The largest absolute Gasteiger partial charge is 0.449 e. The number of non-ortho nitro benzene ring substituents is 1. The minimum atomic E-state index is -0.879. The first kappa shape index (κ1) is 21.6. The number of nitro benzene ring substituents is 1. The van der Waals surface area contributed by atoms with Crippen LogP contribution < -0.4 is 5.43 Å². The summed E-state index contributed by atoms with van der Waals surface area (Å²) in [6.45, 7) is 2.88. The van der Waals surface area contributed by atoms with Crippen LogP contribution in [0.4, 0.5) is 15.3 Å². The average molecular weight is 434 g/mol. The molecule has 1 aromatic carbocycles. The Morgan fingerprint density at radius 1 is 1.35 bits per heavy atom. The smallest absolute Gasteiger partial charge is 0.429 e. The minimum Gasteiger partial charge on any atom is -0.449 e. The van der Waals surface area contributed by atoms with Gasteiger partial charge in [-0.2, -0.15) is 0 Å². The van der Waals surface area contributed by atoms with E-state index < -0.39 is 29.8 Å². The Hall–Kier alpha value is -2.40. The van der Waals surface area contributed by atoms with Crippen molar-refractivity contribution < 1.29 is 29.1 Å². The molecule has 0 aromatic heterocycles. The summed E-state index contributed by atoms with van der Waals surface area (Å²) in [5, 5.41) is 21.3. The molecule has 2 amide bonds. The standard InChI is InChI=1S/C15H20BrN3O7/c1-3-25-14(21)17-18(15(22)26-4-2)12(9-20)7-10-5-6-11(19(23)24)8-13(10)16/h5-6,8,12,20H,3-4,7,9H2,1-2H3,(H,17,21). The lowest BCUT2D eigenvalue weighted by Gasteiger charge is -2.29. The van der Waals surface area contributed by atoms with Crippen LogP contribution in [0.25, 0.3) is 0 Å². The molecule has 0 heterocycles. The number of carbonyl (C=O) groups is 2. The average Bonchev–Trinajstić information content (AvgIpc) is 2.59. The first-order valence-corrected chi connectivity index (χ1v) is 8.56. The Morgan fingerprint density at radius 3 is 2.50 bits per heavy atom. The Labute approximate surface area is 158 Å². The van der Waals surface area contributed by atoms with Crippen LogP contribution in [0, 0.1) is 10.1 Å². The van der Waals surface area contributed by atoms with Gasteiger partial charge in [0.1, 0.15) is 0 Å². The zero-order chi connectivity index (χ0) is 19.7. The van der Waals surface area contributed by atoms with Gasteiger partial charge in [0, 0.05) is 16.6 Å². The highest BCUT2D eigenvalue weighted by molar-refractivity contribution is 9.10. The van der Waals surface area contributed by atoms with E-state index in [2.05, 4.69) is 21.4 Å². The summed E-state index contributed by atoms with van der Waals surface area (Å²) < 4.78 is 10.1. The maximum Gasteiger partial charge on any atom is 0.429 e. The first-order chi connectivity index (χ1) is 12.3. The van der Waals surface area contributed by atoms with Gasteiger partial charge >= 0.3 is 12.2 Å². The molecule has 0 aliphatic heterocycles. The van der Waals surface area contributed by atoms with Crippen molar-refractivity contribution in [1.29, 1.82) is 0 Å². The number of rotatable bonds is 7. The van der Waals surface area contributed by atoms with E-state index >= 15 is 0 Å². The van der Waals surface area contributed by atoms with Crippen LogP contribution in [0.3, 0.4) is 0 Å². The molecular formula is C15H20BrN3O7. The van der Waals surface area contributed by atoms with E-state index in [0.717, 1.165) is 5.01 Å². The number of halogens is 1. The van der Waals surface area contributed by atoms with Gasteiger partial charge in [0.2, 0.25) is 0 Å². The summed E-state index contributed by atoms with van der Waals surface area (Å²) in [5.41, 5.74) is 2.73. The molecule has 144 valence electrons. The fraction of sp³-hybridized carbons (Fsp3) is 0.467. The van der Waals surface area contributed by atoms with E-state index in [1.54, 1.807) is 13.8 Å². The Kier molecular flexibility index (Phi) is 8.79. The van der Waals surface area contributed by atoms with Gasteiger partial charge in [-0.1, -0.05) is 22.0 Å². The number of hydrazine groups is 1. The highest BCUT2D eigenvalue weighted by Crippen LogP contribution is 2.25. The molecule has 0 spiro atoms. The SMILES string of the molecule is CCOC(=O)NN(C(=O)OCC)C(CO)Cc1ccc([N+](=O)[O-])cc1Br. The summed E-state index contributed by atoms with van der Waals surface area (Å²) in [6, 6.07) is 3.24. The van der Waals surface area contributed by atoms with Gasteiger partial charge in [-0.25, -0.2) is 20.0 Å². The molecule has 11 heteroatoms. The molecule has 0 bridgehead atoms. The summed E-state index contributed by atoms with van der Waals surface area (Å²) in [7, 11) is 0. The second-order valence-corrected chi connectivity index (χ2v) is 5.83. The molecular weight excluding hydrogens is 414 g/mol. The molecule has 26 heavy (non-hydrogen) atoms. The van der Waals surface area contributed by atoms with Crippen molar-refractivity contribution in [2.24, 2.45) is 0 Å². The van der Waals surface area contributed by atoms with E-state index in [9.17, 15) is 24.8 Å². The van der Waals surface area contributed by atoms with E-state index in [1.807, 2.05) is 0 Å². The number of carbonyl (C=O) groups excluding carboxylic acids is 2. The van der Waals surface area contributed by atoms with Crippen molar-refractivity contribution in [2.75, 3.05) is 19.8 Å². The second-order valence-electron chi connectivity index (χ2n) is 4.97. The van der Waals surface area contributed by atoms with Crippen molar-refractivity contribution in [1.82, 2.24) is 10.4 Å². The summed E-state index contributed by atoms with van der Waals surface area (Å²) >= 11 is 3.23. The van der Waals surface area contributed by atoms with Crippen LogP contribution in [0.15, 0.2) is 22.7 Å². The third-order valence-corrected chi connectivity index (χ3v) is 3.97. The number of nitrogens with zero attached hydrogens (tertiary/aromatic N) is 2. The third-order valence-electron chi connectivity index (χ3n) is 3.23. The van der Waals surface area contributed by atoms with Crippen molar-refractivity contribution in [3.05, 3.63) is 38.3 Å². The Morgan fingerprint density at radius 2 is 2.00 bits per heavy atom. The van der Waals surface area contributed by atoms with E-state index in [1.165, 1.54) is 18.2 Å². The minimum absolute atomic E-state index is 0.0687. The number of aliphatic hydroxyl groups is 1. The van der Waals surface area contributed by atoms with Crippen LogP contribution in [0.5, 0.6) is 0 Å². The van der Waals surface area contributed by atoms with Crippen LogP contribution in [-0.2, 0) is 15.9 Å². The van der Waals surface area contributed by atoms with Crippen molar-refractivity contribution >= 4 is 33.8 Å². The van der Waals surface area contributed by atoms with Crippen molar-refractivity contribution in [3.8, 4) is 0 Å². The number of nitro groups is 1. The molecule has 1 rings (SSSR count). The molecule has 1 unspecified atom stereocenters. The van der Waals surface area contributed by atoms with Crippen LogP contribution >= 0.6 is 15.9 Å². The quantitative estimate of drug-likeness (QED) is 0.498. The number of hydrogen-bond acceptors (Lipinski definition) is 7. The maximum atomic E-state index is 12.1. The third kappa shape index (κ3) is 6.15. The highest BCUT2D eigenvalue weighted by atomic mass is 79.9.